The molecule has 0 aliphatic carbocycles. The molecule has 2 unspecified atom stereocenters. The average Bonchev–Trinajstić information content (AvgIpc) is 2.62. The van der Waals surface area contributed by atoms with Crippen molar-refractivity contribution in [1.29, 1.82) is 0 Å². The van der Waals surface area contributed by atoms with E-state index in [4.69, 9.17) is 23.1 Å². The van der Waals surface area contributed by atoms with E-state index in [9.17, 15) is 0 Å². The summed E-state index contributed by atoms with van der Waals surface area (Å²) < 4.78 is 0. The van der Waals surface area contributed by atoms with Crippen LogP contribution >= 0.6 is 11.6 Å². The van der Waals surface area contributed by atoms with Crippen LogP contribution in [0.25, 0.3) is 11.3 Å². The number of halogens is 1. The molecule has 4 N–H and O–H groups in total. The number of nitrogens with two attached hydrogens (primary N) is 2. The molecule has 2 atom stereocenters. The standard InChI is InChI=1S/C18H17ClN4/c19-14-8-6-12(7-9-14)15-10-16(23-11-22-15)18(21)17(20)13-4-2-1-3-5-13/h1-11,17-18H,20-21H2. The molecule has 23 heavy (non-hydrogen) atoms. The van der Waals surface area contributed by atoms with Crippen LogP contribution in [0.15, 0.2) is 67.0 Å². The summed E-state index contributed by atoms with van der Waals surface area (Å²) in [5.41, 5.74) is 16.0. The van der Waals surface area contributed by atoms with Crippen molar-refractivity contribution in [2.24, 2.45) is 11.5 Å². The smallest absolute Gasteiger partial charge is 0.116 e. The zero-order chi connectivity index (χ0) is 16.2. The van der Waals surface area contributed by atoms with Crippen LogP contribution in [0, 0.1) is 0 Å². The molecule has 4 nitrogen and oxygen atoms in total. The van der Waals surface area contributed by atoms with Gasteiger partial charge in [-0.05, 0) is 23.8 Å². The van der Waals surface area contributed by atoms with Gasteiger partial charge >= 0.3 is 0 Å². The SMILES string of the molecule is NC(c1ccccc1)C(N)c1cc(-c2ccc(Cl)cc2)ncn1. The fraction of sp³-hybridized carbons (Fsp3) is 0.111. The highest BCUT2D eigenvalue weighted by molar-refractivity contribution is 6.30. The molecule has 5 heteroatoms. The predicted molar refractivity (Wildman–Crippen MR) is 92.8 cm³/mol. The molecule has 0 saturated heterocycles. The summed E-state index contributed by atoms with van der Waals surface area (Å²) in [4.78, 5) is 8.59. The van der Waals surface area contributed by atoms with Crippen LogP contribution in [0.1, 0.15) is 23.3 Å². The minimum absolute atomic E-state index is 0.329. The van der Waals surface area contributed by atoms with Crippen molar-refractivity contribution in [3.05, 3.63) is 83.3 Å². The second-order valence-electron chi connectivity index (χ2n) is 5.30. The minimum atomic E-state index is -0.411. The Balaban J connectivity index is 1.88. The number of aromatic nitrogens is 2. The number of nitrogens with zero attached hydrogens (tertiary/aromatic N) is 2. The minimum Gasteiger partial charge on any atom is -0.322 e. The normalized spacial score (nSPS) is 13.5. The monoisotopic (exact) mass is 324 g/mol. The maximum Gasteiger partial charge on any atom is 0.116 e. The first-order valence-corrected chi connectivity index (χ1v) is 7.67. The Kier molecular flexibility index (Phi) is 4.67. The van der Waals surface area contributed by atoms with Crippen molar-refractivity contribution < 1.29 is 0 Å². The Bertz CT molecular complexity index is 775. The second kappa shape index (κ2) is 6.87. The number of hydrogen-bond acceptors (Lipinski definition) is 4. The van der Waals surface area contributed by atoms with Gasteiger partial charge in [0.15, 0.2) is 0 Å². The van der Waals surface area contributed by atoms with Crippen molar-refractivity contribution >= 4 is 11.6 Å². The summed E-state index contributed by atoms with van der Waals surface area (Å²) in [5.74, 6) is 0. The van der Waals surface area contributed by atoms with Gasteiger partial charge in [0.2, 0.25) is 0 Å². The van der Waals surface area contributed by atoms with E-state index >= 15 is 0 Å². The topological polar surface area (TPSA) is 77.8 Å². The van der Waals surface area contributed by atoms with Gasteiger partial charge in [-0.25, -0.2) is 9.97 Å². The number of benzene rings is 2. The summed E-state index contributed by atoms with van der Waals surface area (Å²) in [6.07, 6.45) is 1.51. The fourth-order valence-corrected chi connectivity index (χ4v) is 2.53. The van der Waals surface area contributed by atoms with Crippen LogP contribution in [-0.2, 0) is 0 Å². The van der Waals surface area contributed by atoms with Crippen molar-refractivity contribution in [1.82, 2.24) is 9.97 Å². The first-order chi connectivity index (χ1) is 11.1. The van der Waals surface area contributed by atoms with E-state index in [1.807, 2.05) is 60.7 Å². The largest absolute Gasteiger partial charge is 0.322 e. The first kappa shape index (κ1) is 15.6. The zero-order valence-electron chi connectivity index (χ0n) is 12.4. The van der Waals surface area contributed by atoms with Crippen molar-refractivity contribution in [3.8, 4) is 11.3 Å². The molecule has 2 aromatic carbocycles. The summed E-state index contributed by atoms with van der Waals surface area (Å²) in [5, 5.41) is 0.686. The lowest BCUT2D eigenvalue weighted by molar-refractivity contribution is 0.559. The van der Waals surface area contributed by atoms with Crippen LogP contribution in [0.2, 0.25) is 5.02 Å². The summed E-state index contributed by atoms with van der Waals surface area (Å²) in [6, 6.07) is 18.4. The van der Waals surface area contributed by atoms with E-state index in [2.05, 4.69) is 9.97 Å². The second-order valence-corrected chi connectivity index (χ2v) is 5.73. The highest BCUT2D eigenvalue weighted by atomic mass is 35.5. The van der Waals surface area contributed by atoms with Crippen molar-refractivity contribution in [3.63, 3.8) is 0 Å². The molecule has 0 spiro atoms. The zero-order valence-corrected chi connectivity index (χ0v) is 13.2. The average molecular weight is 325 g/mol. The van der Waals surface area contributed by atoms with Crippen LogP contribution in [0.5, 0.6) is 0 Å². The molecule has 0 aliphatic rings. The third-order valence-electron chi connectivity index (χ3n) is 3.74. The van der Waals surface area contributed by atoms with Gasteiger partial charge in [-0.2, -0.15) is 0 Å². The fourth-order valence-electron chi connectivity index (χ4n) is 2.40. The molecule has 116 valence electrons. The Labute approximate surface area is 140 Å². The number of rotatable bonds is 4. The summed E-state index contributed by atoms with van der Waals surface area (Å²) in [6.45, 7) is 0. The van der Waals surface area contributed by atoms with Crippen LogP contribution in [0.4, 0.5) is 0 Å². The lowest BCUT2D eigenvalue weighted by atomic mass is 9.97. The van der Waals surface area contributed by atoms with E-state index in [0.29, 0.717) is 10.7 Å². The molecule has 1 aromatic heterocycles. The van der Waals surface area contributed by atoms with Gasteiger partial charge in [0.25, 0.3) is 0 Å². The van der Waals surface area contributed by atoms with E-state index in [1.165, 1.54) is 6.33 Å². The Morgan fingerprint density at radius 3 is 2.22 bits per heavy atom. The molecule has 1 heterocycles. The molecule has 3 aromatic rings. The predicted octanol–water partition coefficient (Wildman–Crippen LogP) is 3.50. The van der Waals surface area contributed by atoms with Crippen molar-refractivity contribution in [2.45, 2.75) is 12.1 Å². The molecular weight excluding hydrogens is 308 g/mol. The van der Waals surface area contributed by atoms with E-state index in [1.54, 1.807) is 0 Å². The van der Waals surface area contributed by atoms with Crippen LogP contribution in [-0.4, -0.2) is 9.97 Å². The maximum atomic E-state index is 6.31. The number of hydrogen-bond donors (Lipinski definition) is 2. The quantitative estimate of drug-likeness (QED) is 0.770. The summed E-state index contributed by atoms with van der Waals surface area (Å²) in [7, 11) is 0. The molecule has 0 radical (unpaired) electrons. The van der Waals surface area contributed by atoms with Gasteiger partial charge in [0.1, 0.15) is 6.33 Å². The molecule has 0 saturated carbocycles. The van der Waals surface area contributed by atoms with Gasteiger partial charge < -0.3 is 11.5 Å². The maximum absolute atomic E-state index is 6.31. The van der Waals surface area contributed by atoms with Crippen LogP contribution < -0.4 is 11.5 Å². The third kappa shape index (κ3) is 3.56. The molecule has 0 fully saturated rings. The molecular formula is C18H17ClN4. The van der Waals surface area contributed by atoms with Gasteiger partial charge in [-0.3, -0.25) is 0 Å². The van der Waals surface area contributed by atoms with Crippen molar-refractivity contribution in [2.75, 3.05) is 0 Å². The van der Waals surface area contributed by atoms with Gasteiger partial charge in [-0.15, -0.1) is 0 Å². The highest BCUT2D eigenvalue weighted by Crippen LogP contribution is 2.26. The molecule has 0 aliphatic heterocycles. The molecule has 0 bridgehead atoms. The Hall–Kier alpha value is -2.27. The van der Waals surface area contributed by atoms with E-state index < -0.39 is 6.04 Å². The van der Waals surface area contributed by atoms with Gasteiger partial charge in [-0.1, -0.05) is 54.1 Å². The highest BCUT2D eigenvalue weighted by Gasteiger charge is 2.19. The molecule has 3 rings (SSSR count). The lowest BCUT2D eigenvalue weighted by Crippen LogP contribution is -2.27. The molecule has 0 amide bonds. The van der Waals surface area contributed by atoms with Gasteiger partial charge in [0.05, 0.1) is 23.5 Å². The van der Waals surface area contributed by atoms with Crippen LogP contribution in [0.3, 0.4) is 0 Å². The third-order valence-corrected chi connectivity index (χ3v) is 3.99. The summed E-state index contributed by atoms with van der Waals surface area (Å²) >= 11 is 5.92. The Morgan fingerprint density at radius 1 is 0.826 bits per heavy atom. The van der Waals surface area contributed by atoms with E-state index in [-0.39, 0.29) is 6.04 Å². The Morgan fingerprint density at radius 2 is 1.52 bits per heavy atom. The van der Waals surface area contributed by atoms with Gasteiger partial charge in [0, 0.05) is 10.6 Å². The lowest BCUT2D eigenvalue weighted by Gasteiger charge is -2.20. The van der Waals surface area contributed by atoms with E-state index in [0.717, 1.165) is 16.8 Å². The first-order valence-electron chi connectivity index (χ1n) is 7.29.